The number of benzene rings is 1. The Labute approximate surface area is 123 Å². The molecule has 1 fully saturated rings. The zero-order valence-corrected chi connectivity index (χ0v) is 13.0. The Morgan fingerprint density at radius 3 is 2.79 bits per heavy atom. The van der Waals surface area contributed by atoms with Crippen molar-refractivity contribution in [3.05, 3.63) is 34.1 Å². The van der Waals surface area contributed by atoms with Crippen LogP contribution in [0.2, 0.25) is 0 Å². The van der Waals surface area contributed by atoms with Gasteiger partial charge in [0.2, 0.25) is 0 Å². The molecule has 4 heteroatoms. The largest absolute Gasteiger partial charge is 0.310 e. The van der Waals surface area contributed by atoms with Crippen LogP contribution in [-0.2, 0) is 0 Å². The molecule has 0 aliphatic carbocycles. The minimum atomic E-state index is -0.204. The lowest BCUT2D eigenvalue weighted by atomic mass is 10.1. The van der Waals surface area contributed by atoms with E-state index in [4.69, 9.17) is 0 Å². The van der Waals surface area contributed by atoms with E-state index in [-0.39, 0.29) is 11.9 Å². The van der Waals surface area contributed by atoms with E-state index >= 15 is 0 Å². The van der Waals surface area contributed by atoms with Gasteiger partial charge in [0.25, 0.3) is 0 Å². The Hall–Kier alpha value is -0.450. The first-order chi connectivity index (χ1) is 9.16. The van der Waals surface area contributed by atoms with Crippen molar-refractivity contribution in [3.8, 4) is 0 Å². The van der Waals surface area contributed by atoms with Crippen molar-refractivity contribution in [1.82, 2.24) is 10.2 Å². The van der Waals surface area contributed by atoms with E-state index in [1.807, 2.05) is 12.1 Å². The Balaban J connectivity index is 1.71. The second-order valence-corrected chi connectivity index (χ2v) is 6.11. The van der Waals surface area contributed by atoms with Gasteiger partial charge in [-0.25, -0.2) is 4.39 Å². The van der Waals surface area contributed by atoms with Gasteiger partial charge >= 0.3 is 0 Å². The van der Waals surface area contributed by atoms with E-state index in [2.05, 4.69) is 33.1 Å². The van der Waals surface area contributed by atoms with Gasteiger partial charge in [0.15, 0.2) is 0 Å². The monoisotopic (exact) mass is 328 g/mol. The van der Waals surface area contributed by atoms with Crippen molar-refractivity contribution in [2.75, 3.05) is 26.2 Å². The maximum atomic E-state index is 13.2. The predicted molar refractivity (Wildman–Crippen MR) is 80.8 cm³/mol. The number of hydrogen-bond acceptors (Lipinski definition) is 2. The van der Waals surface area contributed by atoms with Crippen molar-refractivity contribution in [2.45, 2.75) is 32.2 Å². The SMILES string of the molecule is CC(NCCCN1CCCC1)c1ccc(F)c(Br)c1. The first-order valence-corrected chi connectivity index (χ1v) is 7.87. The Morgan fingerprint density at radius 1 is 1.37 bits per heavy atom. The number of hydrogen-bond donors (Lipinski definition) is 1. The molecule has 0 aromatic heterocycles. The molecule has 1 aliphatic rings. The number of likely N-dealkylation sites (tertiary alicyclic amines) is 1. The van der Waals surface area contributed by atoms with Gasteiger partial charge in [0.05, 0.1) is 4.47 Å². The summed E-state index contributed by atoms with van der Waals surface area (Å²) >= 11 is 3.23. The fourth-order valence-corrected chi connectivity index (χ4v) is 2.92. The molecule has 19 heavy (non-hydrogen) atoms. The number of halogens is 2. The molecule has 2 nitrogen and oxygen atoms in total. The maximum Gasteiger partial charge on any atom is 0.137 e. The van der Waals surface area contributed by atoms with Gasteiger partial charge in [-0.05, 0) is 86.0 Å². The molecule has 0 bridgehead atoms. The van der Waals surface area contributed by atoms with E-state index in [0.717, 1.165) is 12.1 Å². The van der Waals surface area contributed by atoms with E-state index < -0.39 is 0 Å². The molecule has 1 aromatic rings. The van der Waals surface area contributed by atoms with Crippen LogP contribution in [-0.4, -0.2) is 31.1 Å². The molecular formula is C15H22BrFN2. The van der Waals surface area contributed by atoms with Crippen molar-refractivity contribution < 1.29 is 4.39 Å². The Kier molecular flexibility index (Phi) is 5.79. The van der Waals surface area contributed by atoms with Crippen LogP contribution in [0.1, 0.15) is 37.8 Å². The second-order valence-electron chi connectivity index (χ2n) is 5.25. The van der Waals surface area contributed by atoms with E-state index in [1.165, 1.54) is 45.0 Å². The molecule has 1 N–H and O–H groups in total. The molecule has 1 aromatic carbocycles. The summed E-state index contributed by atoms with van der Waals surface area (Å²) in [4.78, 5) is 2.53. The highest BCUT2D eigenvalue weighted by Gasteiger charge is 2.11. The van der Waals surface area contributed by atoms with Gasteiger partial charge < -0.3 is 10.2 Å². The van der Waals surface area contributed by atoms with Gasteiger partial charge in [-0.15, -0.1) is 0 Å². The minimum absolute atomic E-state index is 0.204. The highest BCUT2D eigenvalue weighted by atomic mass is 79.9. The van der Waals surface area contributed by atoms with Crippen molar-refractivity contribution >= 4 is 15.9 Å². The molecule has 1 saturated heterocycles. The summed E-state index contributed by atoms with van der Waals surface area (Å²) in [5.74, 6) is -0.204. The summed E-state index contributed by atoms with van der Waals surface area (Å²) in [6, 6.07) is 5.48. The molecule has 1 aliphatic heterocycles. The number of rotatable bonds is 6. The second kappa shape index (κ2) is 7.36. The van der Waals surface area contributed by atoms with Crippen molar-refractivity contribution in [1.29, 1.82) is 0 Å². The molecule has 106 valence electrons. The highest BCUT2D eigenvalue weighted by molar-refractivity contribution is 9.10. The zero-order chi connectivity index (χ0) is 13.7. The molecular weight excluding hydrogens is 307 g/mol. The molecule has 1 unspecified atom stereocenters. The van der Waals surface area contributed by atoms with Crippen LogP contribution in [0.25, 0.3) is 0 Å². The molecule has 0 spiro atoms. The quantitative estimate of drug-likeness (QED) is 0.800. The minimum Gasteiger partial charge on any atom is -0.310 e. The van der Waals surface area contributed by atoms with Gasteiger partial charge in [0, 0.05) is 6.04 Å². The molecule has 2 rings (SSSR count). The van der Waals surface area contributed by atoms with E-state index in [0.29, 0.717) is 4.47 Å². The molecule has 0 saturated carbocycles. The normalized spacial score (nSPS) is 17.8. The maximum absolute atomic E-state index is 13.2. The summed E-state index contributed by atoms with van der Waals surface area (Å²) < 4.78 is 13.7. The van der Waals surface area contributed by atoms with Gasteiger partial charge in [-0.2, -0.15) is 0 Å². The van der Waals surface area contributed by atoms with Crippen molar-refractivity contribution in [3.63, 3.8) is 0 Å². The molecule has 0 radical (unpaired) electrons. The summed E-state index contributed by atoms with van der Waals surface area (Å²) in [6.45, 7) is 6.84. The topological polar surface area (TPSA) is 15.3 Å². The van der Waals surface area contributed by atoms with Crippen LogP contribution < -0.4 is 5.32 Å². The highest BCUT2D eigenvalue weighted by Crippen LogP contribution is 2.21. The van der Waals surface area contributed by atoms with Crippen LogP contribution in [0.4, 0.5) is 4.39 Å². The lowest BCUT2D eigenvalue weighted by Gasteiger charge is -2.17. The average Bonchev–Trinajstić information content (AvgIpc) is 2.91. The zero-order valence-electron chi connectivity index (χ0n) is 11.5. The summed E-state index contributed by atoms with van der Waals surface area (Å²) in [7, 11) is 0. The third-order valence-electron chi connectivity index (χ3n) is 3.74. The van der Waals surface area contributed by atoms with Crippen LogP contribution in [0, 0.1) is 5.82 Å². The van der Waals surface area contributed by atoms with Gasteiger partial charge in [-0.3, -0.25) is 0 Å². The van der Waals surface area contributed by atoms with Crippen LogP contribution >= 0.6 is 15.9 Å². The first-order valence-electron chi connectivity index (χ1n) is 7.07. The third kappa shape index (κ3) is 4.55. The fourth-order valence-electron chi connectivity index (χ4n) is 2.53. The number of nitrogens with zero attached hydrogens (tertiary/aromatic N) is 1. The van der Waals surface area contributed by atoms with Crippen LogP contribution in [0.15, 0.2) is 22.7 Å². The third-order valence-corrected chi connectivity index (χ3v) is 4.35. The summed E-state index contributed by atoms with van der Waals surface area (Å²) in [5.41, 5.74) is 1.12. The van der Waals surface area contributed by atoms with E-state index in [9.17, 15) is 4.39 Å². The van der Waals surface area contributed by atoms with Crippen LogP contribution in [0.3, 0.4) is 0 Å². The van der Waals surface area contributed by atoms with Crippen LogP contribution in [0.5, 0.6) is 0 Å². The summed E-state index contributed by atoms with van der Waals surface area (Å²) in [5, 5.41) is 3.50. The molecule has 1 atom stereocenters. The predicted octanol–water partition coefficient (Wildman–Crippen LogP) is 3.72. The molecule has 1 heterocycles. The van der Waals surface area contributed by atoms with Gasteiger partial charge in [0.1, 0.15) is 5.82 Å². The van der Waals surface area contributed by atoms with E-state index in [1.54, 1.807) is 0 Å². The standard InChI is InChI=1S/C15H22BrFN2/c1-12(13-5-6-15(17)14(16)11-13)18-7-4-10-19-8-2-3-9-19/h5-6,11-12,18H,2-4,7-10H2,1H3. The number of nitrogens with one attached hydrogen (secondary N) is 1. The molecule has 0 amide bonds. The lowest BCUT2D eigenvalue weighted by Crippen LogP contribution is -2.26. The Bertz CT molecular complexity index is 405. The van der Waals surface area contributed by atoms with Crippen molar-refractivity contribution in [2.24, 2.45) is 0 Å². The fraction of sp³-hybridized carbons (Fsp3) is 0.600. The lowest BCUT2D eigenvalue weighted by molar-refractivity contribution is 0.328. The first kappa shape index (κ1) is 14.9. The average molecular weight is 329 g/mol. The smallest absolute Gasteiger partial charge is 0.137 e. The Morgan fingerprint density at radius 2 is 2.11 bits per heavy atom. The summed E-state index contributed by atoms with van der Waals surface area (Å²) in [6.07, 6.45) is 3.88. The van der Waals surface area contributed by atoms with Gasteiger partial charge in [-0.1, -0.05) is 6.07 Å².